The fourth-order valence-corrected chi connectivity index (χ4v) is 8.66. The maximum atomic E-state index is 14.2. The van der Waals surface area contributed by atoms with E-state index in [9.17, 15) is 52.7 Å². The Bertz CT molecular complexity index is 2540. The summed E-state index contributed by atoms with van der Waals surface area (Å²) in [5.74, 6) is -8.18. The highest BCUT2D eigenvalue weighted by molar-refractivity contribution is 7.98. The minimum atomic E-state index is -1.39. The number of primary amides is 2. The predicted octanol–water partition coefficient (Wildman–Crippen LogP) is -3.06. The number of nitrogens with two attached hydrogens (primary N) is 4. The molecule has 0 bridgehead atoms. The number of nitrogens with zero attached hydrogens (tertiary/aromatic N) is 2. The predicted molar refractivity (Wildman–Crippen MR) is 295 cm³/mol. The first-order valence-electron chi connectivity index (χ1n) is 26.1. The minimum absolute atomic E-state index is 0.0837. The van der Waals surface area contributed by atoms with Gasteiger partial charge in [0.1, 0.15) is 42.3 Å². The summed E-state index contributed by atoms with van der Waals surface area (Å²) >= 11 is 1.46. The second kappa shape index (κ2) is 33.6. The molecular weight excluding hydrogens is 1040 g/mol. The minimum Gasteiger partial charge on any atom is -0.370 e. The molecule has 0 fully saturated rings. The van der Waals surface area contributed by atoms with E-state index in [0.717, 1.165) is 10.9 Å². The second-order valence-electron chi connectivity index (χ2n) is 19.7. The van der Waals surface area contributed by atoms with Crippen molar-refractivity contribution in [3.8, 4) is 0 Å². The number of amides is 11. The summed E-state index contributed by atoms with van der Waals surface area (Å²) in [4.78, 5) is 158. The van der Waals surface area contributed by atoms with E-state index in [1.165, 1.54) is 36.1 Å². The SMILES string of the molecule is CSCC[C@H](NC(=O)[C@H](CC(C)C)NC(=O)[C@H](Cc1cnc[nH]1)NC(=O)CNC(=O)[C@@H](NC(=O)[C@H](C)NC(=O)[C@H](Cc1c[nH]c2ccccc12)NC(=O)[C@H](CCC(N)=O)NC(=O)CCC(=O)N(CCN)CCN)C(C)C)C(N)=O. The molecule has 11 amide bonds. The van der Waals surface area contributed by atoms with Crippen molar-refractivity contribution in [2.45, 2.75) is 128 Å². The number of fused-ring (bicyclic) bond motifs is 1. The Balaban J connectivity index is 1.75. The number of aromatic nitrogens is 3. The first-order chi connectivity index (χ1) is 37.5. The molecular formula is C51H80N16O11S. The monoisotopic (exact) mass is 1120 g/mol. The number of hydrogen-bond acceptors (Lipinski definition) is 15. The van der Waals surface area contributed by atoms with Crippen LogP contribution in [0.4, 0.5) is 0 Å². The van der Waals surface area contributed by atoms with Gasteiger partial charge in [-0.3, -0.25) is 52.7 Å². The van der Waals surface area contributed by atoms with Crippen molar-refractivity contribution in [3.05, 3.63) is 54.2 Å². The van der Waals surface area contributed by atoms with Gasteiger partial charge in [-0.1, -0.05) is 45.9 Å². The quantitative estimate of drug-likeness (QED) is 0.0275. The molecule has 0 aliphatic carbocycles. The van der Waals surface area contributed by atoms with Crippen LogP contribution >= 0.6 is 11.8 Å². The van der Waals surface area contributed by atoms with Crippen molar-refractivity contribution >= 4 is 87.6 Å². The number of imidazole rings is 1. The largest absolute Gasteiger partial charge is 0.370 e. The summed E-state index contributed by atoms with van der Waals surface area (Å²) < 4.78 is 0. The van der Waals surface area contributed by atoms with Gasteiger partial charge in [0.25, 0.3) is 0 Å². The molecule has 3 rings (SSSR count). The molecule has 0 spiro atoms. The van der Waals surface area contributed by atoms with Gasteiger partial charge in [0, 0.05) is 87.3 Å². The Kier molecular flexibility index (Phi) is 28.0. The number of rotatable bonds is 36. The van der Waals surface area contributed by atoms with Gasteiger partial charge < -0.3 is 80.3 Å². The summed E-state index contributed by atoms with van der Waals surface area (Å²) in [6, 6.07) is -1.53. The lowest BCUT2D eigenvalue weighted by Crippen LogP contribution is -2.59. The number of H-pyrrole nitrogens is 2. The lowest BCUT2D eigenvalue weighted by molar-refractivity contribution is -0.135. The van der Waals surface area contributed by atoms with Crippen LogP contribution in [0, 0.1) is 11.8 Å². The molecule has 28 heteroatoms. The molecule has 0 saturated heterocycles. The highest BCUT2D eigenvalue weighted by Crippen LogP contribution is 2.20. The lowest BCUT2D eigenvalue weighted by atomic mass is 10.0. The topological polar surface area (TPSA) is 436 Å². The van der Waals surface area contributed by atoms with E-state index in [1.54, 1.807) is 38.2 Å². The van der Waals surface area contributed by atoms with E-state index in [0.29, 0.717) is 17.0 Å². The third kappa shape index (κ3) is 22.7. The molecule has 7 atom stereocenters. The fourth-order valence-electron chi connectivity index (χ4n) is 8.19. The van der Waals surface area contributed by atoms with Crippen LogP contribution in [0.25, 0.3) is 10.9 Å². The highest BCUT2D eigenvalue weighted by atomic mass is 32.2. The molecule has 2 heterocycles. The van der Waals surface area contributed by atoms with Gasteiger partial charge in [-0.15, -0.1) is 0 Å². The molecule has 0 unspecified atom stereocenters. The van der Waals surface area contributed by atoms with Gasteiger partial charge in [0.2, 0.25) is 65.0 Å². The molecule has 3 aromatic rings. The normalized spacial score (nSPS) is 13.8. The number of carbonyl (C=O) groups is 11. The Morgan fingerprint density at radius 1 is 0.646 bits per heavy atom. The number of para-hydroxylation sites is 1. The summed E-state index contributed by atoms with van der Waals surface area (Å²) in [7, 11) is 0. The third-order valence-corrected chi connectivity index (χ3v) is 13.1. The molecule has 27 nitrogen and oxygen atoms in total. The van der Waals surface area contributed by atoms with Gasteiger partial charge >= 0.3 is 0 Å². The van der Waals surface area contributed by atoms with Crippen LogP contribution in [0.15, 0.2) is 43.0 Å². The summed E-state index contributed by atoms with van der Waals surface area (Å²) in [5, 5.41) is 21.5. The molecule has 1 aromatic carbocycles. The van der Waals surface area contributed by atoms with Crippen molar-refractivity contribution in [1.82, 2.24) is 62.4 Å². The smallest absolute Gasteiger partial charge is 0.243 e. The van der Waals surface area contributed by atoms with E-state index in [2.05, 4.69) is 57.5 Å². The van der Waals surface area contributed by atoms with E-state index in [1.807, 2.05) is 26.2 Å². The summed E-state index contributed by atoms with van der Waals surface area (Å²) in [6.07, 6.45) is 5.42. The van der Waals surface area contributed by atoms with E-state index in [4.69, 9.17) is 22.9 Å². The number of thioether (sulfide) groups is 1. The molecule has 0 aliphatic heterocycles. The van der Waals surface area contributed by atoms with Crippen molar-refractivity contribution in [3.63, 3.8) is 0 Å². The van der Waals surface area contributed by atoms with Crippen molar-refractivity contribution < 1.29 is 52.7 Å². The molecule has 436 valence electrons. The van der Waals surface area contributed by atoms with Crippen molar-refractivity contribution in [1.29, 1.82) is 0 Å². The van der Waals surface area contributed by atoms with Crippen LogP contribution in [0.3, 0.4) is 0 Å². The van der Waals surface area contributed by atoms with Crippen molar-refractivity contribution in [2.75, 3.05) is 44.7 Å². The van der Waals surface area contributed by atoms with Crippen LogP contribution in [0.5, 0.6) is 0 Å². The fraction of sp³-hybridized carbons (Fsp3) is 0.569. The molecule has 0 radical (unpaired) electrons. The summed E-state index contributed by atoms with van der Waals surface area (Å²) in [5.41, 5.74) is 24.0. The maximum absolute atomic E-state index is 14.2. The average Bonchev–Trinajstić information content (AvgIpc) is 4.08. The van der Waals surface area contributed by atoms with E-state index < -0.39 is 114 Å². The third-order valence-electron chi connectivity index (χ3n) is 12.4. The Labute approximate surface area is 463 Å². The van der Waals surface area contributed by atoms with Crippen LogP contribution in [0.2, 0.25) is 0 Å². The number of nitrogens with one attached hydrogen (secondary N) is 10. The van der Waals surface area contributed by atoms with Crippen LogP contribution < -0.4 is 65.5 Å². The lowest BCUT2D eigenvalue weighted by Gasteiger charge is -2.26. The standard InChI is InChI=1S/C51H80N16O11S/c1-28(2)21-37(49(76)63-35(45(55)72)15-20-79-6)64-50(77)39(23-32-25-56-27-59-32)62-42(70)26-58-51(78)44(29(3)4)66-46(73)30(5)60-48(75)38(22-31-24-57-34-10-8-7-9-33(31)34)65-47(74)36(11-12-40(54)68)61-41(69)13-14-43(71)67(18-16-52)19-17-53/h7-10,24-25,27-30,35-39,44,57H,11-23,26,52-53H2,1-6H3,(H2,54,68)(H2,55,72)(H,56,59)(H,58,78)(H,60,75)(H,61,69)(H,62,70)(H,63,76)(H,64,77)(H,65,74)(H,66,73)/t30-,35-,36-,37-,38-,39-,44-/m0/s1. The zero-order valence-electron chi connectivity index (χ0n) is 45.7. The van der Waals surface area contributed by atoms with Crippen LogP contribution in [-0.2, 0) is 65.6 Å². The van der Waals surface area contributed by atoms with Crippen LogP contribution in [-0.4, -0.2) is 172 Å². The number of hydrogen-bond donors (Lipinski definition) is 14. The van der Waals surface area contributed by atoms with Gasteiger partial charge in [0.15, 0.2) is 0 Å². The van der Waals surface area contributed by atoms with Gasteiger partial charge in [-0.05, 0) is 61.7 Å². The maximum Gasteiger partial charge on any atom is 0.243 e. The highest BCUT2D eigenvalue weighted by Gasteiger charge is 2.34. The summed E-state index contributed by atoms with van der Waals surface area (Å²) in [6.45, 7) is 8.44. The Morgan fingerprint density at radius 2 is 1.25 bits per heavy atom. The van der Waals surface area contributed by atoms with Gasteiger partial charge in [-0.2, -0.15) is 11.8 Å². The molecule has 0 saturated carbocycles. The zero-order valence-corrected chi connectivity index (χ0v) is 46.6. The first-order valence-corrected chi connectivity index (χ1v) is 27.5. The number of benzene rings is 1. The first kappa shape index (κ1) is 65.7. The Hall–Kier alpha value is -7.59. The van der Waals surface area contributed by atoms with Gasteiger partial charge in [-0.25, -0.2) is 4.98 Å². The number of carbonyl (C=O) groups excluding carboxylic acids is 11. The van der Waals surface area contributed by atoms with Gasteiger partial charge in [0.05, 0.1) is 12.9 Å². The molecule has 2 aromatic heterocycles. The second-order valence-corrected chi connectivity index (χ2v) is 20.7. The molecule has 79 heavy (non-hydrogen) atoms. The molecule has 18 N–H and O–H groups in total. The van der Waals surface area contributed by atoms with Crippen LogP contribution in [0.1, 0.15) is 84.4 Å². The van der Waals surface area contributed by atoms with Crippen molar-refractivity contribution in [2.24, 2.45) is 34.8 Å². The molecule has 0 aliphatic rings. The zero-order chi connectivity index (χ0) is 58.8. The van der Waals surface area contributed by atoms with E-state index >= 15 is 0 Å². The Morgan fingerprint density at radius 3 is 1.86 bits per heavy atom. The average molecular weight is 1130 g/mol. The number of aromatic amines is 2. The van der Waals surface area contributed by atoms with E-state index in [-0.39, 0.29) is 89.4 Å².